The van der Waals surface area contributed by atoms with E-state index in [0.717, 1.165) is 37.3 Å². The van der Waals surface area contributed by atoms with Gasteiger partial charge in [-0.1, -0.05) is 0 Å². The number of fused-ring (bicyclic) bond motifs is 1. The molecule has 5 aliphatic rings. The van der Waals surface area contributed by atoms with Gasteiger partial charge in [0.25, 0.3) is 0 Å². The first kappa shape index (κ1) is 12.6. The fraction of sp³-hybridized carbons (Fsp3) is 0.778. The molecule has 1 aromatic rings. The second-order valence-electron chi connectivity index (χ2n) is 8.18. The van der Waals surface area contributed by atoms with E-state index >= 15 is 0 Å². The van der Waals surface area contributed by atoms with Crippen LogP contribution < -0.4 is 5.32 Å². The lowest BCUT2D eigenvalue weighted by atomic mass is 9.49. The summed E-state index contributed by atoms with van der Waals surface area (Å²) in [6.45, 7) is 4.22. The molecule has 3 nitrogen and oxygen atoms in total. The van der Waals surface area contributed by atoms with Crippen LogP contribution in [0.25, 0.3) is 0 Å². The van der Waals surface area contributed by atoms with Gasteiger partial charge >= 0.3 is 0 Å². The summed E-state index contributed by atoms with van der Waals surface area (Å²) in [6.07, 6.45) is 9.67. The van der Waals surface area contributed by atoms with Gasteiger partial charge in [-0.3, -0.25) is 0 Å². The third-order valence-corrected chi connectivity index (χ3v) is 6.66. The van der Waals surface area contributed by atoms with Gasteiger partial charge in [0.05, 0.1) is 5.69 Å². The first-order chi connectivity index (χ1) is 10.2. The molecule has 4 fully saturated rings. The molecule has 1 aliphatic heterocycles. The van der Waals surface area contributed by atoms with Gasteiger partial charge in [-0.05, 0) is 81.7 Å². The minimum atomic E-state index is 0.339. The van der Waals surface area contributed by atoms with Gasteiger partial charge < -0.3 is 5.32 Å². The fourth-order valence-electron chi connectivity index (χ4n) is 6.17. The van der Waals surface area contributed by atoms with Crippen LogP contribution in [0.1, 0.15) is 61.3 Å². The van der Waals surface area contributed by atoms with Crippen molar-refractivity contribution in [2.45, 2.75) is 63.8 Å². The number of nitrogens with zero attached hydrogens (tertiary/aromatic N) is 2. The smallest absolute Gasteiger partial charge is 0.135 e. The maximum atomic E-state index is 5.09. The highest BCUT2D eigenvalue weighted by Crippen LogP contribution is 2.60. The Hall–Kier alpha value is -0.960. The molecule has 0 radical (unpaired) electrons. The highest BCUT2D eigenvalue weighted by molar-refractivity contribution is 5.30. The van der Waals surface area contributed by atoms with E-state index in [4.69, 9.17) is 9.97 Å². The van der Waals surface area contributed by atoms with Crippen molar-refractivity contribution in [3.05, 3.63) is 22.8 Å². The lowest BCUT2D eigenvalue weighted by Gasteiger charge is -2.56. The van der Waals surface area contributed by atoms with Crippen LogP contribution in [0.5, 0.6) is 0 Å². The molecule has 4 aliphatic carbocycles. The lowest BCUT2D eigenvalue weighted by Crippen LogP contribution is -2.49. The minimum Gasteiger partial charge on any atom is -0.311 e. The van der Waals surface area contributed by atoms with Crippen LogP contribution in [0.4, 0.5) is 0 Å². The highest BCUT2D eigenvalue weighted by atomic mass is 15.0. The summed E-state index contributed by atoms with van der Waals surface area (Å²) in [7, 11) is 0. The Morgan fingerprint density at radius 1 is 1.00 bits per heavy atom. The van der Waals surface area contributed by atoms with Gasteiger partial charge in [0, 0.05) is 17.7 Å². The molecule has 4 saturated carbocycles. The minimum absolute atomic E-state index is 0.339. The molecule has 0 unspecified atom stereocenters. The number of nitrogens with one attached hydrogen (secondary N) is 1. The number of aromatic nitrogens is 2. The average Bonchev–Trinajstić information content (AvgIpc) is 2.46. The third kappa shape index (κ3) is 1.82. The molecule has 112 valence electrons. The van der Waals surface area contributed by atoms with Crippen LogP contribution in [0.2, 0.25) is 0 Å². The number of hydrogen-bond acceptors (Lipinski definition) is 3. The SMILES string of the molecule is Cc1nc(C23CC4CC(CC(C4)C2)C3)nc2c1CCNC2. The van der Waals surface area contributed by atoms with Crippen molar-refractivity contribution in [1.29, 1.82) is 0 Å². The van der Waals surface area contributed by atoms with E-state index < -0.39 is 0 Å². The van der Waals surface area contributed by atoms with Gasteiger partial charge in [-0.15, -0.1) is 0 Å². The molecule has 3 heteroatoms. The maximum absolute atomic E-state index is 5.09. The van der Waals surface area contributed by atoms with E-state index in [2.05, 4.69) is 12.2 Å². The summed E-state index contributed by atoms with van der Waals surface area (Å²) in [5.74, 6) is 4.11. The maximum Gasteiger partial charge on any atom is 0.135 e. The topological polar surface area (TPSA) is 37.8 Å². The highest BCUT2D eigenvalue weighted by Gasteiger charge is 2.53. The summed E-state index contributed by atoms with van der Waals surface area (Å²) in [5.41, 5.74) is 4.31. The molecular weight excluding hydrogens is 258 g/mol. The van der Waals surface area contributed by atoms with Crippen molar-refractivity contribution in [1.82, 2.24) is 15.3 Å². The molecule has 21 heavy (non-hydrogen) atoms. The predicted molar refractivity (Wildman–Crippen MR) is 82.0 cm³/mol. The van der Waals surface area contributed by atoms with E-state index in [1.807, 2.05) is 0 Å². The van der Waals surface area contributed by atoms with Gasteiger partial charge in [0.15, 0.2) is 0 Å². The summed E-state index contributed by atoms with van der Waals surface area (Å²) in [5, 5.41) is 3.48. The monoisotopic (exact) mass is 283 g/mol. The molecule has 1 N–H and O–H groups in total. The fourth-order valence-corrected chi connectivity index (χ4v) is 6.17. The van der Waals surface area contributed by atoms with Crippen LogP contribution in [0.3, 0.4) is 0 Å². The van der Waals surface area contributed by atoms with Crippen LogP contribution in [-0.2, 0) is 18.4 Å². The second kappa shape index (κ2) is 4.28. The Labute approximate surface area is 127 Å². The van der Waals surface area contributed by atoms with E-state index in [1.165, 1.54) is 61.3 Å². The molecule has 0 saturated heterocycles. The summed E-state index contributed by atoms with van der Waals surface area (Å²) < 4.78 is 0. The van der Waals surface area contributed by atoms with Gasteiger partial charge in [-0.25, -0.2) is 9.97 Å². The Morgan fingerprint density at radius 2 is 1.67 bits per heavy atom. The summed E-state index contributed by atoms with van der Waals surface area (Å²) in [6, 6.07) is 0. The van der Waals surface area contributed by atoms with Crippen LogP contribution in [-0.4, -0.2) is 16.5 Å². The van der Waals surface area contributed by atoms with Crippen molar-refractivity contribution >= 4 is 0 Å². The van der Waals surface area contributed by atoms with Crippen molar-refractivity contribution in [3.63, 3.8) is 0 Å². The quantitative estimate of drug-likeness (QED) is 0.861. The molecule has 6 rings (SSSR count). The van der Waals surface area contributed by atoms with Crippen molar-refractivity contribution < 1.29 is 0 Å². The van der Waals surface area contributed by atoms with Gasteiger partial charge in [0.2, 0.25) is 0 Å². The molecular formula is C18H25N3. The lowest BCUT2D eigenvalue weighted by molar-refractivity contribution is -0.00962. The van der Waals surface area contributed by atoms with Crippen LogP contribution in [0.15, 0.2) is 0 Å². The first-order valence-corrected chi connectivity index (χ1v) is 8.79. The molecule has 2 heterocycles. The van der Waals surface area contributed by atoms with Crippen LogP contribution >= 0.6 is 0 Å². The largest absolute Gasteiger partial charge is 0.311 e. The standard InChI is InChI=1S/C18H25N3/c1-11-15-2-3-19-10-16(15)21-17(20-11)18-7-12-4-13(8-18)6-14(5-12)9-18/h12-14,19H,2-10H2,1H3. The molecule has 0 amide bonds. The first-order valence-electron chi connectivity index (χ1n) is 8.79. The van der Waals surface area contributed by atoms with Crippen molar-refractivity contribution in [3.8, 4) is 0 Å². The predicted octanol–water partition coefficient (Wildman–Crippen LogP) is 2.90. The molecule has 0 atom stereocenters. The summed E-state index contributed by atoms with van der Waals surface area (Å²) >= 11 is 0. The third-order valence-electron chi connectivity index (χ3n) is 6.66. The zero-order valence-electron chi connectivity index (χ0n) is 13.0. The van der Waals surface area contributed by atoms with Gasteiger partial charge in [-0.2, -0.15) is 0 Å². The molecule has 4 bridgehead atoms. The number of rotatable bonds is 1. The summed E-state index contributed by atoms with van der Waals surface area (Å²) in [4.78, 5) is 10.1. The molecule has 0 aromatic carbocycles. The number of hydrogen-bond donors (Lipinski definition) is 1. The Bertz CT molecular complexity index is 557. The molecule has 0 spiro atoms. The van der Waals surface area contributed by atoms with Crippen molar-refractivity contribution in [2.75, 3.05) is 6.54 Å². The zero-order chi connectivity index (χ0) is 14.0. The second-order valence-corrected chi connectivity index (χ2v) is 8.18. The number of aryl methyl sites for hydroxylation is 1. The van der Waals surface area contributed by atoms with E-state index in [1.54, 1.807) is 0 Å². The van der Waals surface area contributed by atoms with E-state index in [9.17, 15) is 0 Å². The Kier molecular flexibility index (Phi) is 2.56. The van der Waals surface area contributed by atoms with Crippen LogP contribution in [0, 0.1) is 24.7 Å². The zero-order valence-corrected chi connectivity index (χ0v) is 13.0. The Balaban J connectivity index is 1.59. The van der Waals surface area contributed by atoms with Crippen molar-refractivity contribution in [2.24, 2.45) is 17.8 Å². The average molecular weight is 283 g/mol. The van der Waals surface area contributed by atoms with Gasteiger partial charge in [0.1, 0.15) is 5.82 Å². The van der Waals surface area contributed by atoms with E-state index in [-0.39, 0.29) is 0 Å². The van der Waals surface area contributed by atoms with E-state index in [0.29, 0.717) is 5.41 Å². The normalized spacial score (nSPS) is 40.3. The Morgan fingerprint density at radius 3 is 2.33 bits per heavy atom. The molecule has 1 aromatic heterocycles.